The summed E-state index contributed by atoms with van der Waals surface area (Å²) in [6, 6.07) is 7.52. The van der Waals surface area contributed by atoms with E-state index >= 15 is 0 Å². The number of aromatic amines is 1. The van der Waals surface area contributed by atoms with Crippen LogP contribution in [-0.2, 0) is 6.54 Å². The zero-order chi connectivity index (χ0) is 13.4. The molecule has 19 heavy (non-hydrogen) atoms. The van der Waals surface area contributed by atoms with E-state index in [1.165, 1.54) is 0 Å². The van der Waals surface area contributed by atoms with Crippen LogP contribution in [0.2, 0.25) is 0 Å². The summed E-state index contributed by atoms with van der Waals surface area (Å²) in [5, 5.41) is 12.6. The Balaban J connectivity index is 2.29. The summed E-state index contributed by atoms with van der Waals surface area (Å²) >= 11 is 0. The number of ether oxygens (including phenoxy) is 1. The van der Waals surface area contributed by atoms with E-state index in [1.807, 2.05) is 24.3 Å². The van der Waals surface area contributed by atoms with Crippen LogP contribution in [0.3, 0.4) is 0 Å². The number of nitrogens with zero attached hydrogens (tertiary/aromatic N) is 2. The molecule has 0 amide bonds. The van der Waals surface area contributed by atoms with Gasteiger partial charge in [0.05, 0.1) is 18.1 Å². The Kier molecular flexibility index (Phi) is 2.56. The lowest BCUT2D eigenvalue weighted by atomic mass is 10.1. The van der Waals surface area contributed by atoms with Crippen LogP contribution in [0, 0.1) is 10.1 Å². The number of benzene rings is 1. The Morgan fingerprint density at radius 1 is 1.37 bits per heavy atom. The molecule has 0 aliphatic rings. The number of H-pyrrole nitrogens is 1. The smallest absolute Gasteiger partial charge is 0.247 e. The largest absolute Gasteiger partial charge is 0.497 e. The zero-order valence-electron chi connectivity index (χ0n) is 10.2. The van der Waals surface area contributed by atoms with Gasteiger partial charge in [-0.2, -0.15) is 0 Å². The molecule has 3 aromatic rings. The average molecular weight is 257 g/mol. The topological polar surface area (TPSA) is 81.0 Å². The summed E-state index contributed by atoms with van der Waals surface area (Å²) in [5.74, 6) is 0.739. The lowest BCUT2D eigenvalue weighted by Crippen LogP contribution is -2.01. The predicted octanol–water partition coefficient (Wildman–Crippen LogP) is 2.50. The fourth-order valence-corrected chi connectivity index (χ4v) is 2.23. The Morgan fingerprint density at radius 2 is 2.21 bits per heavy atom. The first-order valence-electron chi connectivity index (χ1n) is 5.74. The summed E-state index contributed by atoms with van der Waals surface area (Å²) in [6.45, 7) is -0.290. The number of methoxy groups -OCH3 is 1. The molecule has 2 aromatic heterocycles. The molecule has 3 rings (SSSR count). The van der Waals surface area contributed by atoms with E-state index in [2.05, 4.69) is 9.97 Å². The normalized spacial score (nSPS) is 11.0. The van der Waals surface area contributed by atoms with Gasteiger partial charge >= 0.3 is 0 Å². The lowest BCUT2D eigenvalue weighted by Gasteiger charge is -1.98. The van der Waals surface area contributed by atoms with E-state index in [1.54, 1.807) is 13.3 Å². The number of aromatic nitrogens is 2. The van der Waals surface area contributed by atoms with Crippen LogP contribution in [0.1, 0.15) is 5.69 Å². The van der Waals surface area contributed by atoms with Crippen molar-refractivity contribution in [2.75, 3.05) is 7.11 Å². The fourth-order valence-electron chi connectivity index (χ4n) is 2.23. The number of nitrogens with one attached hydrogen (secondary N) is 1. The van der Waals surface area contributed by atoms with Crippen molar-refractivity contribution in [2.45, 2.75) is 6.54 Å². The fraction of sp³-hybridized carbons (Fsp3) is 0.154. The molecule has 96 valence electrons. The number of rotatable bonds is 3. The van der Waals surface area contributed by atoms with E-state index in [4.69, 9.17) is 4.74 Å². The molecule has 2 heterocycles. The van der Waals surface area contributed by atoms with Gasteiger partial charge in [0.2, 0.25) is 6.54 Å². The summed E-state index contributed by atoms with van der Waals surface area (Å²) in [4.78, 5) is 17.5. The minimum atomic E-state index is -0.381. The summed E-state index contributed by atoms with van der Waals surface area (Å²) < 4.78 is 5.17. The Labute approximate surface area is 108 Å². The van der Waals surface area contributed by atoms with Crippen molar-refractivity contribution in [3.05, 3.63) is 46.3 Å². The van der Waals surface area contributed by atoms with Gasteiger partial charge in [-0.1, -0.05) is 0 Å². The molecule has 0 saturated carbocycles. The molecule has 0 fully saturated rings. The summed E-state index contributed by atoms with van der Waals surface area (Å²) in [5.41, 5.74) is 2.03. The SMILES string of the molecule is COc1ccc2c(c1)[nH]c1c(C[N+](=O)[O-])nccc12. The maximum absolute atomic E-state index is 10.7. The van der Waals surface area contributed by atoms with Crippen LogP contribution in [0.4, 0.5) is 0 Å². The first kappa shape index (κ1) is 11.5. The van der Waals surface area contributed by atoms with Crippen LogP contribution in [0.5, 0.6) is 5.75 Å². The number of fused-ring (bicyclic) bond motifs is 3. The van der Waals surface area contributed by atoms with Crippen molar-refractivity contribution >= 4 is 21.8 Å². The van der Waals surface area contributed by atoms with Crippen molar-refractivity contribution in [1.82, 2.24) is 9.97 Å². The van der Waals surface area contributed by atoms with E-state index < -0.39 is 0 Å². The third-order valence-electron chi connectivity index (χ3n) is 3.08. The van der Waals surface area contributed by atoms with Crippen LogP contribution in [-0.4, -0.2) is 22.0 Å². The Bertz CT molecular complexity index is 779. The summed E-state index contributed by atoms with van der Waals surface area (Å²) in [7, 11) is 1.60. The highest BCUT2D eigenvalue weighted by Crippen LogP contribution is 2.29. The highest BCUT2D eigenvalue weighted by atomic mass is 16.6. The van der Waals surface area contributed by atoms with E-state index in [9.17, 15) is 10.1 Å². The minimum Gasteiger partial charge on any atom is -0.497 e. The number of hydrogen-bond acceptors (Lipinski definition) is 4. The van der Waals surface area contributed by atoms with E-state index in [-0.39, 0.29) is 11.5 Å². The molecule has 0 saturated heterocycles. The first-order valence-corrected chi connectivity index (χ1v) is 5.74. The number of nitro groups is 1. The van der Waals surface area contributed by atoms with Crippen molar-refractivity contribution in [1.29, 1.82) is 0 Å². The molecular formula is C13H11N3O3. The van der Waals surface area contributed by atoms with Gasteiger partial charge in [-0.05, 0) is 18.2 Å². The van der Waals surface area contributed by atoms with Crippen LogP contribution in [0.25, 0.3) is 21.8 Å². The highest BCUT2D eigenvalue weighted by molar-refractivity contribution is 6.08. The molecule has 0 spiro atoms. The molecule has 0 aliphatic heterocycles. The van der Waals surface area contributed by atoms with E-state index in [0.717, 1.165) is 22.0 Å². The third-order valence-corrected chi connectivity index (χ3v) is 3.08. The van der Waals surface area contributed by atoms with Gasteiger partial charge in [-0.25, -0.2) is 0 Å². The maximum Gasteiger partial charge on any atom is 0.247 e. The number of pyridine rings is 1. The zero-order valence-corrected chi connectivity index (χ0v) is 10.2. The molecule has 6 heteroatoms. The van der Waals surface area contributed by atoms with Gasteiger partial charge in [-0.3, -0.25) is 15.1 Å². The molecule has 0 bridgehead atoms. The predicted molar refractivity (Wildman–Crippen MR) is 70.9 cm³/mol. The van der Waals surface area contributed by atoms with Gasteiger partial charge < -0.3 is 9.72 Å². The lowest BCUT2D eigenvalue weighted by molar-refractivity contribution is -0.497. The Hall–Kier alpha value is -2.63. The second-order valence-electron chi connectivity index (χ2n) is 4.21. The second-order valence-corrected chi connectivity index (χ2v) is 4.21. The minimum absolute atomic E-state index is 0.290. The van der Waals surface area contributed by atoms with Crippen molar-refractivity contribution in [3.63, 3.8) is 0 Å². The van der Waals surface area contributed by atoms with Crippen molar-refractivity contribution in [3.8, 4) is 5.75 Å². The average Bonchev–Trinajstić information content (AvgIpc) is 2.77. The van der Waals surface area contributed by atoms with Crippen molar-refractivity contribution in [2.24, 2.45) is 0 Å². The Morgan fingerprint density at radius 3 is 2.95 bits per heavy atom. The molecule has 0 aliphatic carbocycles. The molecule has 0 radical (unpaired) electrons. The third kappa shape index (κ3) is 1.87. The van der Waals surface area contributed by atoms with Gasteiger partial charge in [-0.15, -0.1) is 0 Å². The molecule has 0 unspecified atom stereocenters. The maximum atomic E-state index is 10.7. The molecular weight excluding hydrogens is 246 g/mol. The van der Waals surface area contributed by atoms with Crippen LogP contribution in [0.15, 0.2) is 30.5 Å². The van der Waals surface area contributed by atoms with Crippen LogP contribution < -0.4 is 4.74 Å². The summed E-state index contributed by atoms with van der Waals surface area (Å²) in [6.07, 6.45) is 1.60. The quantitative estimate of drug-likeness (QED) is 0.577. The highest BCUT2D eigenvalue weighted by Gasteiger charge is 2.13. The number of hydrogen-bond donors (Lipinski definition) is 1. The van der Waals surface area contributed by atoms with Gasteiger partial charge in [0.25, 0.3) is 0 Å². The first-order chi connectivity index (χ1) is 9.19. The molecule has 1 aromatic carbocycles. The van der Waals surface area contributed by atoms with Gasteiger partial charge in [0.15, 0.2) is 0 Å². The van der Waals surface area contributed by atoms with Crippen molar-refractivity contribution < 1.29 is 9.66 Å². The van der Waals surface area contributed by atoms with E-state index in [0.29, 0.717) is 11.2 Å². The molecule has 6 nitrogen and oxygen atoms in total. The van der Waals surface area contributed by atoms with Gasteiger partial charge in [0, 0.05) is 28.0 Å². The standard InChI is InChI=1S/C13H11N3O3/c1-19-8-2-3-9-10-4-5-14-12(7-16(17)18)13(10)15-11(9)6-8/h2-6,15H,7H2,1H3. The molecule has 0 atom stereocenters. The molecule has 1 N–H and O–H groups in total. The van der Waals surface area contributed by atoms with Crippen LogP contribution >= 0.6 is 0 Å². The monoisotopic (exact) mass is 257 g/mol. The second kappa shape index (κ2) is 4.24. The van der Waals surface area contributed by atoms with Gasteiger partial charge in [0.1, 0.15) is 11.4 Å².